The van der Waals surface area contributed by atoms with Gasteiger partial charge in [-0.2, -0.15) is 5.10 Å². The number of hydrazone groups is 1. The van der Waals surface area contributed by atoms with Crippen molar-refractivity contribution < 1.29 is 19.4 Å². The first-order valence-corrected chi connectivity index (χ1v) is 8.71. The van der Waals surface area contributed by atoms with Crippen molar-refractivity contribution in [2.45, 2.75) is 19.8 Å². The minimum atomic E-state index is -0.477. The fourth-order valence-electron chi connectivity index (χ4n) is 2.11. The molecule has 3 N–H and O–H groups in total. The third-order valence-corrected chi connectivity index (χ3v) is 3.62. The summed E-state index contributed by atoms with van der Waals surface area (Å²) in [6.45, 7) is 2.51. The Hall–Kier alpha value is -3.35. The molecule has 0 saturated carbocycles. The maximum atomic E-state index is 12.1. The fourth-order valence-corrected chi connectivity index (χ4v) is 2.11. The minimum Gasteiger partial charge on any atom is -0.507 e. The maximum absolute atomic E-state index is 12.1. The van der Waals surface area contributed by atoms with Crippen LogP contribution in [0.25, 0.3) is 0 Å². The second-order valence-corrected chi connectivity index (χ2v) is 5.76. The zero-order valence-electron chi connectivity index (χ0n) is 15.1. The highest BCUT2D eigenvalue weighted by atomic mass is 16.5. The number of amides is 2. The molecule has 0 bridgehead atoms. The molecule has 0 atom stereocenters. The topological polar surface area (TPSA) is 100 Å². The number of nitrogens with one attached hydrogen (secondary N) is 2. The molecule has 0 aliphatic heterocycles. The third kappa shape index (κ3) is 6.81. The molecular formula is C20H23N3O4. The number of carbonyl (C=O) groups excluding carboxylic acids is 2. The normalized spacial score (nSPS) is 10.6. The number of aromatic hydroxyl groups is 1. The van der Waals surface area contributed by atoms with E-state index in [1.807, 2.05) is 0 Å². The van der Waals surface area contributed by atoms with E-state index >= 15 is 0 Å². The number of nitrogens with zero attached hydrogens (tertiary/aromatic N) is 1. The van der Waals surface area contributed by atoms with Crippen LogP contribution >= 0.6 is 0 Å². The van der Waals surface area contributed by atoms with Crippen LogP contribution in [0.5, 0.6) is 11.5 Å². The molecule has 7 nitrogen and oxygen atoms in total. The van der Waals surface area contributed by atoms with Crippen LogP contribution in [0.15, 0.2) is 53.6 Å². The van der Waals surface area contributed by atoms with Crippen LogP contribution < -0.4 is 15.5 Å². The van der Waals surface area contributed by atoms with Gasteiger partial charge in [-0.1, -0.05) is 25.5 Å². The summed E-state index contributed by atoms with van der Waals surface area (Å²) in [6, 6.07) is 13.3. The maximum Gasteiger partial charge on any atom is 0.259 e. The lowest BCUT2D eigenvalue weighted by Crippen LogP contribution is -2.34. The molecule has 27 heavy (non-hydrogen) atoms. The predicted octanol–water partition coefficient (Wildman–Crippen LogP) is 2.45. The van der Waals surface area contributed by atoms with Crippen molar-refractivity contribution >= 4 is 18.0 Å². The molecule has 0 aliphatic rings. The van der Waals surface area contributed by atoms with E-state index in [1.54, 1.807) is 42.5 Å². The van der Waals surface area contributed by atoms with Gasteiger partial charge in [0, 0.05) is 11.1 Å². The van der Waals surface area contributed by atoms with Gasteiger partial charge in [-0.05, 0) is 42.8 Å². The summed E-state index contributed by atoms with van der Waals surface area (Å²) in [5.74, 6) is -0.0772. The zero-order chi connectivity index (χ0) is 19.5. The van der Waals surface area contributed by atoms with E-state index < -0.39 is 5.91 Å². The van der Waals surface area contributed by atoms with Crippen molar-refractivity contribution in [3.8, 4) is 11.5 Å². The summed E-state index contributed by atoms with van der Waals surface area (Å²) in [4.78, 5) is 23.8. The van der Waals surface area contributed by atoms with Gasteiger partial charge in [0.25, 0.3) is 11.8 Å². The molecule has 0 aliphatic carbocycles. The van der Waals surface area contributed by atoms with Gasteiger partial charge >= 0.3 is 0 Å². The molecule has 0 aromatic heterocycles. The van der Waals surface area contributed by atoms with Gasteiger partial charge in [0.15, 0.2) is 0 Å². The Morgan fingerprint density at radius 1 is 1.15 bits per heavy atom. The van der Waals surface area contributed by atoms with E-state index in [9.17, 15) is 14.7 Å². The van der Waals surface area contributed by atoms with Crippen LogP contribution in [-0.4, -0.2) is 36.3 Å². The monoisotopic (exact) mass is 369 g/mol. The smallest absolute Gasteiger partial charge is 0.259 e. The van der Waals surface area contributed by atoms with Crippen molar-refractivity contribution in [2.75, 3.05) is 13.2 Å². The number of phenolic OH excluding ortho intramolecular Hbond substituents is 1. The van der Waals surface area contributed by atoms with Crippen LogP contribution in [0.3, 0.4) is 0 Å². The van der Waals surface area contributed by atoms with E-state index in [0.29, 0.717) is 23.5 Å². The van der Waals surface area contributed by atoms with Crippen molar-refractivity contribution in [2.24, 2.45) is 5.10 Å². The van der Waals surface area contributed by atoms with E-state index in [0.717, 1.165) is 12.8 Å². The Kier molecular flexibility index (Phi) is 7.84. The number of unbranched alkanes of at least 4 members (excludes halogenated alkanes) is 1. The third-order valence-electron chi connectivity index (χ3n) is 3.62. The van der Waals surface area contributed by atoms with E-state index in [4.69, 9.17) is 4.74 Å². The first kappa shape index (κ1) is 20.0. The van der Waals surface area contributed by atoms with Crippen molar-refractivity contribution in [3.63, 3.8) is 0 Å². The van der Waals surface area contributed by atoms with Crippen LogP contribution in [-0.2, 0) is 4.79 Å². The van der Waals surface area contributed by atoms with Gasteiger partial charge in [0.1, 0.15) is 11.5 Å². The van der Waals surface area contributed by atoms with Crippen molar-refractivity contribution in [3.05, 3.63) is 59.7 Å². The molecule has 2 amide bonds. The molecular weight excluding hydrogens is 346 g/mol. The van der Waals surface area contributed by atoms with E-state index in [-0.39, 0.29) is 18.2 Å². The van der Waals surface area contributed by atoms with Crippen molar-refractivity contribution in [1.82, 2.24) is 10.7 Å². The Morgan fingerprint density at radius 3 is 2.59 bits per heavy atom. The highest BCUT2D eigenvalue weighted by Crippen LogP contribution is 2.13. The molecule has 0 fully saturated rings. The highest BCUT2D eigenvalue weighted by molar-refractivity contribution is 5.96. The SMILES string of the molecule is CCCCOc1ccc(C(=O)NCC(=O)N/N=C/c2ccccc2O)cc1. The number of phenols is 1. The summed E-state index contributed by atoms with van der Waals surface area (Å²) < 4.78 is 5.54. The van der Waals surface area contributed by atoms with Gasteiger partial charge in [0.05, 0.1) is 19.4 Å². The Morgan fingerprint density at radius 2 is 1.89 bits per heavy atom. The minimum absolute atomic E-state index is 0.0610. The molecule has 0 unspecified atom stereocenters. The van der Waals surface area contributed by atoms with Gasteiger partial charge in [-0.3, -0.25) is 9.59 Å². The van der Waals surface area contributed by atoms with Crippen LogP contribution in [0.1, 0.15) is 35.7 Å². The first-order chi connectivity index (χ1) is 13.1. The number of para-hydroxylation sites is 1. The molecule has 7 heteroatoms. The molecule has 0 saturated heterocycles. The number of hydrogen-bond donors (Lipinski definition) is 3. The Balaban J connectivity index is 1.76. The van der Waals surface area contributed by atoms with Crippen LogP contribution in [0.4, 0.5) is 0 Å². The summed E-state index contributed by atoms with van der Waals surface area (Å²) >= 11 is 0. The number of ether oxygens (including phenoxy) is 1. The molecule has 142 valence electrons. The summed E-state index contributed by atoms with van der Waals surface area (Å²) in [5, 5.41) is 15.9. The molecule has 0 heterocycles. The van der Waals surface area contributed by atoms with Gasteiger partial charge in [0.2, 0.25) is 0 Å². The number of carbonyl (C=O) groups is 2. The second kappa shape index (κ2) is 10.6. The quantitative estimate of drug-likeness (QED) is 0.359. The Labute approximate surface area is 158 Å². The van der Waals surface area contributed by atoms with E-state index in [1.165, 1.54) is 12.3 Å². The van der Waals surface area contributed by atoms with Crippen LogP contribution in [0, 0.1) is 0 Å². The average Bonchev–Trinajstić information content (AvgIpc) is 2.68. The molecule has 2 rings (SSSR count). The standard InChI is InChI=1S/C20H23N3O4/c1-2-3-12-27-17-10-8-15(9-11-17)20(26)21-14-19(25)23-22-13-16-6-4-5-7-18(16)24/h4-11,13,24H,2-3,12,14H2,1H3,(H,21,26)(H,23,25)/b22-13+. The predicted molar refractivity (Wildman–Crippen MR) is 103 cm³/mol. The molecule has 0 spiro atoms. The average molecular weight is 369 g/mol. The lowest BCUT2D eigenvalue weighted by Gasteiger charge is -2.07. The number of benzene rings is 2. The lowest BCUT2D eigenvalue weighted by molar-refractivity contribution is -0.120. The Bertz CT molecular complexity index is 788. The molecule has 2 aromatic carbocycles. The molecule has 0 radical (unpaired) electrons. The van der Waals surface area contributed by atoms with Crippen LogP contribution in [0.2, 0.25) is 0 Å². The fraction of sp³-hybridized carbons (Fsp3) is 0.250. The lowest BCUT2D eigenvalue weighted by atomic mass is 10.2. The summed E-state index contributed by atoms with van der Waals surface area (Å²) in [5.41, 5.74) is 3.20. The van der Waals surface area contributed by atoms with Crippen molar-refractivity contribution in [1.29, 1.82) is 0 Å². The molecule has 2 aromatic rings. The summed E-state index contributed by atoms with van der Waals surface area (Å²) in [7, 11) is 0. The second-order valence-electron chi connectivity index (χ2n) is 5.76. The van der Waals surface area contributed by atoms with Gasteiger partial charge < -0.3 is 15.2 Å². The number of rotatable bonds is 9. The highest BCUT2D eigenvalue weighted by Gasteiger charge is 2.08. The van der Waals surface area contributed by atoms with E-state index in [2.05, 4.69) is 22.8 Å². The number of hydrogen-bond acceptors (Lipinski definition) is 5. The first-order valence-electron chi connectivity index (χ1n) is 8.71. The van der Waals surface area contributed by atoms with Gasteiger partial charge in [-0.25, -0.2) is 5.43 Å². The van der Waals surface area contributed by atoms with Gasteiger partial charge in [-0.15, -0.1) is 0 Å². The largest absolute Gasteiger partial charge is 0.507 e. The zero-order valence-corrected chi connectivity index (χ0v) is 15.1. The summed E-state index contributed by atoms with van der Waals surface area (Å²) in [6.07, 6.45) is 3.36.